The standard InChI is InChI=1S/C26H24F3N3O3/c1-35-23-7-3-2-5-21(23)17-8-14-20(15-9-17)32-16-4-6-22(24(32)33)31-25(34)30-19-12-10-18(11-13-19)26(27,28)29/h2-3,5,7-15,22H,4,6,16H2,1H3,(H2,30,31,34). The highest BCUT2D eigenvalue weighted by atomic mass is 19.4. The summed E-state index contributed by atoms with van der Waals surface area (Å²) in [6.45, 7) is 0.519. The number of amides is 3. The maximum absolute atomic E-state index is 13.1. The van der Waals surface area contributed by atoms with Crippen LogP contribution in [0.2, 0.25) is 0 Å². The lowest BCUT2D eigenvalue weighted by Crippen LogP contribution is -2.53. The molecule has 0 bridgehead atoms. The summed E-state index contributed by atoms with van der Waals surface area (Å²) in [6.07, 6.45) is -3.30. The van der Waals surface area contributed by atoms with Gasteiger partial charge in [0.2, 0.25) is 5.91 Å². The number of nitrogens with one attached hydrogen (secondary N) is 2. The number of nitrogens with zero attached hydrogens (tertiary/aromatic N) is 1. The minimum atomic E-state index is -4.45. The summed E-state index contributed by atoms with van der Waals surface area (Å²) in [5.74, 6) is 0.501. The van der Waals surface area contributed by atoms with Gasteiger partial charge in [0.15, 0.2) is 0 Å². The number of carbonyl (C=O) groups excluding carboxylic acids is 2. The van der Waals surface area contributed by atoms with E-state index in [9.17, 15) is 22.8 Å². The van der Waals surface area contributed by atoms with Crippen molar-refractivity contribution >= 4 is 23.3 Å². The number of alkyl halides is 3. The normalized spacial score (nSPS) is 16.1. The molecule has 3 aromatic rings. The minimum Gasteiger partial charge on any atom is -0.496 e. The van der Waals surface area contributed by atoms with Crippen molar-refractivity contribution in [1.29, 1.82) is 0 Å². The van der Waals surface area contributed by atoms with Crippen LogP contribution >= 0.6 is 0 Å². The van der Waals surface area contributed by atoms with Crippen LogP contribution in [0.4, 0.5) is 29.3 Å². The van der Waals surface area contributed by atoms with E-state index < -0.39 is 23.8 Å². The monoisotopic (exact) mass is 483 g/mol. The number of hydrogen-bond acceptors (Lipinski definition) is 3. The van der Waals surface area contributed by atoms with Crippen LogP contribution < -0.4 is 20.3 Å². The lowest BCUT2D eigenvalue weighted by Gasteiger charge is -2.32. The lowest BCUT2D eigenvalue weighted by molar-refractivity contribution is -0.137. The molecule has 1 aliphatic heterocycles. The molecule has 2 N–H and O–H groups in total. The first kappa shape index (κ1) is 24.1. The predicted octanol–water partition coefficient (Wildman–Crippen LogP) is 5.70. The number of piperidine rings is 1. The van der Waals surface area contributed by atoms with Crippen LogP contribution in [0.1, 0.15) is 18.4 Å². The average molecular weight is 483 g/mol. The Morgan fingerprint density at radius 2 is 1.69 bits per heavy atom. The summed E-state index contributed by atoms with van der Waals surface area (Å²) >= 11 is 0. The second-order valence-corrected chi connectivity index (χ2v) is 8.11. The second kappa shape index (κ2) is 10.1. The fraction of sp³-hybridized carbons (Fsp3) is 0.231. The topological polar surface area (TPSA) is 70.7 Å². The third kappa shape index (κ3) is 5.56. The maximum Gasteiger partial charge on any atom is 0.416 e. The van der Waals surface area contributed by atoms with E-state index in [2.05, 4.69) is 10.6 Å². The van der Waals surface area contributed by atoms with Crippen LogP contribution in [0.25, 0.3) is 11.1 Å². The Hall–Kier alpha value is -4.01. The largest absolute Gasteiger partial charge is 0.496 e. The predicted molar refractivity (Wildman–Crippen MR) is 127 cm³/mol. The molecule has 6 nitrogen and oxygen atoms in total. The Balaban J connectivity index is 1.40. The Morgan fingerprint density at radius 1 is 1.00 bits per heavy atom. The molecule has 0 saturated carbocycles. The summed E-state index contributed by atoms with van der Waals surface area (Å²) < 4.78 is 43.5. The van der Waals surface area contributed by atoms with Crippen molar-refractivity contribution in [2.24, 2.45) is 0 Å². The molecular formula is C26H24F3N3O3. The van der Waals surface area contributed by atoms with Crippen LogP contribution in [0.5, 0.6) is 5.75 Å². The van der Waals surface area contributed by atoms with E-state index in [4.69, 9.17) is 4.74 Å². The third-order valence-electron chi connectivity index (χ3n) is 5.81. The van der Waals surface area contributed by atoms with E-state index in [-0.39, 0.29) is 11.6 Å². The van der Waals surface area contributed by atoms with Gasteiger partial charge in [-0.3, -0.25) is 4.79 Å². The number of hydrogen-bond donors (Lipinski definition) is 2. The molecule has 3 aromatic carbocycles. The zero-order chi connectivity index (χ0) is 25.0. The van der Waals surface area contributed by atoms with E-state index in [1.54, 1.807) is 12.0 Å². The zero-order valence-corrected chi connectivity index (χ0v) is 18.9. The van der Waals surface area contributed by atoms with Crippen molar-refractivity contribution in [3.05, 3.63) is 78.4 Å². The Morgan fingerprint density at radius 3 is 2.34 bits per heavy atom. The van der Waals surface area contributed by atoms with Crippen molar-refractivity contribution in [1.82, 2.24) is 5.32 Å². The molecular weight excluding hydrogens is 459 g/mol. The quantitative estimate of drug-likeness (QED) is 0.489. The van der Waals surface area contributed by atoms with E-state index in [1.165, 1.54) is 12.1 Å². The minimum absolute atomic E-state index is 0.197. The first-order chi connectivity index (χ1) is 16.8. The average Bonchev–Trinajstić information content (AvgIpc) is 2.85. The first-order valence-corrected chi connectivity index (χ1v) is 11.1. The highest BCUT2D eigenvalue weighted by Gasteiger charge is 2.32. The molecule has 4 rings (SSSR count). The summed E-state index contributed by atoms with van der Waals surface area (Å²) in [5, 5.41) is 5.11. The molecule has 1 fully saturated rings. The van der Waals surface area contributed by atoms with E-state index in [0.29, 0.717) is 25.1 Å². The molecule has 1 aliphatic rings. The van der Waals surface area contributed by atoms with Gasteiger partial charge in [0.1, 0.15) is 11.8 Å². The van der Waals surface area contributed by atoms with Gasteiger partial charge in [-0.1, -0.05) is 30.3 Å². The number of para-hydroxylation sites is 1. The molecule has 0 aliphatic carbocycles. The summed E-state index contributed by atoms with van der Waals surface area (Å²) in [5.41, 5.74) is 1.98. The van der Waals surface area contributed by atoms with Gasteiger partial charge in [0.25, 0.3) is 0 Å². The van der Waals surface area contributed by atoms with E-state index >= 15 is 0 Å². The van der Waals surface area contributed by atoms with Crippen molar-refractivity contribution in [3.8, 4) is 16.9 Å². The Bertz CT molecular complexity index is 1190. The number of benzene rings is 3. The summed E-state index contributed by atoms with van der Waals surface area (Å²) in [6, 6.07) is 17.9. The van der Waals surface area contributed by atoms with Gasteiger partial charge in [-0.05, 0) is 60.9 Å². The number of halogens is 3. The second-order valence-electron chi connectivity index (χ2n) is 8.11. The number of methoxy groups -OCH3 is 1. The highest BCUT2D eigenvalue weighted by molar-refractivity contribution is 6.01. The molecule has 1 unspecified atom stereocenters. The maximum atomic E-state index is 13.1. The molecule has 1 heterocycles. The molecule has 0 radical (unpaired) electrons. The smallest absolute Gasteiger partial charge is 0.416 e. The van der Waals surface area contributed by atoms with Crippen LogP contribution in [0.3, 0.4) is 0 Å². The van der Waals surface area contributed by atoms with Gasteiger partial charge in [-0.15, -0.1) is 0 Å². The molecule has 3 amide bonds. The van der Waals surface area contributed by atoms with Gasteiger partial charge in [0.05, 0.1) is 12.7 Å². The number of rotatable bonds is 5. The number of anilines is 2. The van der Waals surface area contributed by atoms with Crippen LogP contribution in [-0.2, 0) is 11.0 Å². The van der Waals surface area contributed by atoms with Crippen molar-refractivity contribution in [2.75, 3.05) is 23.9 Å². The molecule has 0 spiro atoms. The number of ether oxygens (including phenoxy) is 1. The lowest BCUT2D eigenvalue weighted by atomic mass is 10.0. The van der Waals surface area contributed by atoms with Gasteiger partial charge in [0, 0.05) is 23.5 Å². The van der Waals surface area contributed by atoms with Gasteiger partial charge in [-0.2, -0.15) is 13.2 Å². The molecule has 182 valence electrons. The summed E-state index contributed by atoms with van der Waals surface area (Å²) in [4.78, 5) is 27.1. The van der Waals surface area contributed by atoms with Crippen molar-refractivity contribution < 1.29 is 27.5 Å². The van der Waals surface area contributed by atoms with Crippen molar-refractivity contribution in [2.45, 2.75) is 25.1 Å². The molecule has 35 heavy (non-hydrogen) atoms. The highest BCUT2D eigenvalue weighted by Crippen LogP contribution is 2.32. The SMILES string of the molecule is COc1ccccc1-c1ccc(N2CCCC(NC(=O)Nc3ccc(C(F)(F)F)cc3)C2=O)cc1. The zero-order valence-electron chi connectivity index (χ0n) is 18.9. The Labute approximate surface area is 200 Å². The van der Waals surface area contributed by atoms with Crippen LogP contribution in [0, 0.1) is 0 Å². The molecule has 0 aromatic heterocycles. The van der Waals surface area contributed by atoms with Gasteiger partial charge in [-0.25, -0.2) is 4.79 Å². The summed E-state index contributed by atoms with van der Waals surface area (Å²) in [7, 11) is 1.61. The first-order valence-electron chi connectivity index (χ1n) is 11.1. The van der Waals surface area contributed by atoms with Crippen LogP contribution in [-0.4, -0.2) is 31.6 Å². The fourth-order valence-electron chi connectivity index (χ4n) is 4.04. The third-order valence-corrected chi connectivity index (χ3v) is 5.81. The van der Waals surface area contributed by atoms with Gasteiger partial charge >= 0.3 is 12.2 Å². The molecule has 1 atom stereocenters. The van der Waals surface area contributed by atoms with Crippen LogP contribution in [0.15, 0.2) is 72.8 Å². The van der Waals surface area contributed by atoms with Gasteiger partial charge < -0.3 is 20.3 Å². The number of urea groups is 1. The Kier molecular flexibility index (Phi) is 6.95. The number of carbonyl (C=O) groups is 2. The van der Waals surface area contributed by atoms with Crippen molar-refractivity contribution in [3.63, 3.8) is 0 Å². The van der Waals surface area contributed by atoms with E-state index in [0.717, 1.165) is 29.0 Å². The van der Waals surface area contributed by atoms with E-state index in [1.807, 2.05) is 48.5 Å². The molecule has 9 heteroatoms. The molecule has 1 saturated heterocycles. The fourth-order valence-corrected chi connectivity index (χ4v) is 4.04.